The monoisotopic (exact) mass is 333 g/mol. The number of sulfonamides is 1. The average Bonchev–Trinajstić information content (AvgIpc) is 2.56. The van der Waals surface area contributed by atoms with E-state index in [0.717, 1.165) is 37.2 Å². The van der Waals surface area contributed by atoms with Gasteiger partial charge in [0.05, 0.1) is 16.8 Å². The molecular formula is C17H23N3O2S. The van der Waals surface area contributed by atoms with Crippen molar-refractivity contribution in [1.29, 1.82) is 0 Å². The van der Waals surface area contributed by atoms with E-state index in [1.54, 1.807) is 24.3 Å². The zero-order valence-electron chi connectivity index (χ0n) is 13.5. The summed E-state index contributed by atoms with van der Waals surface area (Å²) in [6.07, 6.45) is 4.59. The molecule has 0 aliphatic rings. The Hall–Kier alpha value is -2.08. The van der Waals surface area contributed by atoms with Crippen LogP contribution in [0.15, 0.2) is 47.5 Å². The van der Waals surface area contributed by atoms with E-state index in [-0.39, 0.29) is 4.90 Å². The van der Waals surface area contributed by atoms with Gasteiger partial charge in [-0.05, 0) is 42.7 Å². The Morgan fingerprint density at radius 1 is 1.04 bits per heavy atom. The Kier molecular flexibility index (Phi) is 5.98. The first-order valence-electron chi connectivity index (χ1n) is 7.87. The van der Waals surface area contributed by atoms with E-state index in [1.165, 1.54) is 6.20 Å². The van der Waals surface area contributed by atoms with Crippen molar-refractivity contribution < 1.29 is 8.42 Å². The summed E-state index contributed by atoms with van der Waals surface area (Å²) < 4.78 is 27.2. The Bertz CT molecular complexity index is 711. The molecule has 5 nitrogen and oxygen atoms in total. The number of pyridine rings is 1. The highest BCUT2D eigenvalue weighted by molar-refractivity contribution is 7.92. The smallest absolute Gasteiger partial charge is 0.261 e. The van der Waals surface area contributed by atoms with Crippen molar-refractivity contribution in [3.8, 4) is 0 Å². The maximum atomic E-state index is 12.3. The second-order valence-corrected chi connectivity index (χ2v) is 7.00. The fraction of sp³-hybridized carbons (Fsp3) is 0.353. The Morgan fingerprint density at radius 3 is 2.35 bits per heavy atom. The lowest BCUT2D eigenvalue weighted by Crippen LogP contribution is -2.13. The second-order valence-electron chi connectivity index (χ2n) is 5.32. The van der Waals surface area contributed by atoms with Crippen LogP contribution in [0.2, 0.25) is 0 Å². The molecular weight excluding hydrogens is 310 g/mol. The number of benzene rings is 1. The molecule has 1 aromatic carbocycles. The van der Waals surface area contributed by atoms with Crippen LogP contribution in [0.25, 0.3) is 0 Å². The minimum absolute atomic E-state index is 0.250. The summed E-state index contributed by atoms with van der Waals surface area (Å²) in [5, 5.41) is 3.19. The highest BCUT2D eigenvalue weighted by Gasteiger charge is 2.14. The third-order valence-corrected chi connectivity index (χ3v) is 4.89. The third kappa shape index (κ3) is 4.96. The lowest BCUT2D eigenvalue weighted by atomic mass is 10.2. The predicted octanol–water partition coefficient (Wildman–Crippen LogP) is 3.66. The van der Waals surface area contributed by atoms with Crippen molar-refractivity contribution in [2.45, 2.75) is 38.0 Å². The van der Waals surface area contributed by atoms with Crippen molar-refractivity contribution in [2.75, 3.05) is 16.6 Å². The number of aryl methyl sites for hydroxylation is 1. The van der Waals surface area contributed by atoms with Crippen LogP contribution in [0.4, 0.5) is 11.5 Å². The Morgan fingerprint density at radius 2 is 1.78 bits per heavy atom. The van der Waals surface area contributed by atoms with Crippen LogP contribution in [0.3, 0.4) is 0 Å². The topological polar surface area (TPSA) is 71.1 Å². The van der Waals surface area contributed by atoms with Crippen LogP contribution < -0.4 is 10.0 Å². The highest BCUT2D eigenvalue weighted by Crippen LogP contribution is 2.17. The van der Waals surface area contributed by atoms with Gasteiger partial charge in [0.1, 0.15) is 5.82 Å². The molecule has 6 heteroatoms. The van der Waals surface area contributed by atoms with Gasteiger partial charge < -0.3 is 5.32 Å². The lowest BCUT2D eigenvalue weighted by Gasteiger charge is -2.09. The zero-order chi connectivity index (χ0) is 16.7. The summed E-state index contributed by atoms with van der Waals surface area (Å²) in [5.74, 6) is 0.744. The van der Waals surface area contributed by atoms with Crippen LogP contribution in [-0.2, 0) is 16.4 Å². The minimum Gasteiger partial charge on any atom is -0.370 e. The molecule has 0 saturated heterocycles. The van der Waals surface area contributed by atoms with Crippen LogP contribution in [-0.4, -0.2) is 19.9 Å². The predicted molar refractivity (Wildman–Crippen MR) is 94.3 cm³/mol. The molecule has 0 radical (unpaired) electrons. The molecule has 2 N–H and O–H groups in total. The molecule has 0 saturated carbocycles. The first kappa shape index (κ1) is 17.3. The Labute approximate surface area is 138 Å². The number of unbranched alkanes of at least 4 members (excludes halogenated alkanes) is 1. The van der Waals surface area contributed by atoms with Crippen LogP contribution in [0.5, 0.6) is 0 Å². The van der Waals surface area contributed by atoms with Gasteiger partial charge in [0.25, 0.3) is 10.0 Å². The van der Waals surface area contributed by atoms with E-state index < -0.39 is 10.0 Å². The SMILES string of the molecule is CCCCNc1ccc(NS(=O)(=O)c2ccc(CC)cc2)cn1. The summed E-state index contributed by atoms with van der Waals surface area (Å²) in [6, 6.07) is 10.4. The highest BCUT2D eigenvalue weighted by atomic mass is 32.2. The first-order chi connectivity index (χ1) is 11.0. The number of nitrogens with one attached hydrogen (secondary N) is 2. The lowest BCUT2D eigenvalue weighted by molar-refractivity contribution is 0.601. The number of anilines is 2. The summed E-state index contributed by atoms with van der Waals surface area (Å²) in [5.41, 5.74) is 1.55. The van der Waals surface area contributed by atoms with E-state index in [1.807, 2.05) is 19.1 Å². The summed E-state index contributed by atoms with van der Waals surface area (Å²) >= 11 is 0. The summed E-state index contributed by atoms with van der Waals surface area (Å²) in [4.78, 5) is 4.47. The van der Waals surface area contributed by atoms with E-state index in [9.17, 15) is 8.42 Å². The van der Waals surface area contributed by atoms with Crippen LogP contribution in [0.1, 0.15) is 32.3 Å². The molecule has 0 unspecified atom stereocenters. The van der Waals surface area contributed by atoms with Gasteiger partial charge in [-0.3, -0.25) is 4.72 Å². The van der Waals surface area contributed by atoms with Gasteiger partial charge in [0.2, 0.25) is 0 Å². The maximum absolute atomic E-state index is 12.3. The normalized spacial score (nSPS) is 11.2. The molecule has 0 aliphatic heterocycles. The van der Waals surface area contributed by atoms with Gasteiger partial charge in [-0.25, -0.2) is 13.4 Å². The molecule has 0 bridgehead atoms. The van der Waals surface area contributed by atoms with Crippen LogP contribution in [0, 0.1) is 0 Å². The largest absolute Gasteiger partial charge is 0.370 e. The molecule has 0 spiro atoms. The molecule has 124 valence electrons. The molecule has 0 atom stereocenters. The summed E-state index contributed by atoms with van der Waals surface area (Å²) in [7, 11) is -3.58. The van der Waals surface area contributed by atoms with Crippen molar-refractivity contribution in [1.82, 2.24) is 4.98 Å². The number of nitrogens with zero attached hydrogens (tertiary/aromatic N) is 1. The van der Waals surface area contributed by atoms with Gasteiger partial charge in [-0.15, -0.1) is 0 Å². The fourth-order valence-electron chi connectivity index (χ4n) is 2.07. The van der Waals surface area contributed by atoms with Gasteiger partial charge in [-0.2, -0.15) is 0 Å². The van der Waals surface area contributed by atoms with Gasteiger partial charge in [0, 0.05) is 6.54 Å². The molecule has 0 aliphatic carbocycles. The number of hydrogen-bond acceptors (Lipinski definition) is 4. The zero-order valence-corrected chi connectivity index (χ0v) is 14.4. The van der Waals surface area contributed by atoms with E-state index in [2.05, 4.69) is 21.9 Å². The average molecular weight is 333 g/mol. The number of rotatable bonds is 8. The molecule has 23 heavy (non-hydrogen) atoms. The van der Waals surface area contributed by atoms with E-state index in [4.69, 9.17) is 0 Å². The minimum atomic E-state index is -3.58. The first-order valence-corrected chi connectivity index (χ1v) is 9.35. The molecule has 2 rings (SSSR count). The van der Waals surface area contributed by atoms with Crippen molar-refractivity contribution in [3.63, 3.8) is 0 Å². The third-order valence-electron chi connectivity index (χ3n) is 3.49. The molecule has 0 amide bonds. The van der Waals surface area contributed by atoms with Crippen molar-refractivity contribution in [2.24, 2.45) is 0 Å². The molecule has 2 aromatic rings. The molecule has 0 fully saturated rings. The quantitative estimate of drug-likeness (QED) is 0.723. The van der Waals surface area contributed by atoms with Crippen molar-refractivity contribution >= 4 is 21.5 Å². The van der Waals surface area contributed by atoms with Gasteiger partial charge in [0.15, 0.2) is 0 Å². The standard InChI is InChI=1S/C17H23N3O2S/c1-3-5-12-18-17-11-8-15(13-19-17)20-23(21,22)16-9-6-14(4-2)7-10-16/h6-11,13,20H,3-5,12H2,1-2H3,(H,18,19). The van der Waals surface area contributed by atoms with Gasteiger partial charge in [-0.1, -0.05) is 32.4 Å². The maximum Gasteiger partial charge on any atom is 0.261 e. The van der Waals surface area contributed by atoms with E-state index >= 15 is 0 Å². The fourth-order valence-corrected chi connectivity index (χ4v) is 3.11. The van der Waals surface area contributed by atoms with Crippen LogP contribution >= 0.6 is 0 Å². The second kappa shape index (κ2) is 7.97. The number of aromatic nitrogens is 1. The summed E-state index contributed by atoms with van der Waals surface area (Å²) in [6.45, 7) is 5.02. The Balaban J connectivity index is 2.04. The van der Waals surface area contributed by atoms with E-state index in [0.29, 0.717) is 5.69 Å². The molecule has 1 aromatic heterocycles. The van der Waals surface area contributed by atoms with Crippen molar-refractivity contribution in [3.05, 3.63) is 48.2 Å². The number of hydrogen-bond donors (Lipinski definition) is 2. The molecule has 1 heterocycles. The van der Waals surface area contributed by atoms with Gasteiger partial charge >= 0.3 is 0 Å².